The third-order valence-electron chi connectivity index (χ3n) is 2.86. The summed E-state index contributed by atoms with van der Waals surface area (Å²) in [5.41, 5.74) is 0.612. The van der Waals surface area contributed by atoms with Crippen molar-refractivity contribution in [2.75, 3.05) is 38.8 Å². The lowest BCUT2D eigenvalue weighted by Crippen LogP contribution is -2.31. The Hall–Kier alpha value is -2.22. The summed E-state index contributed by atoms with van der Waals surface area (Å²) >= 11 is 0. The van der Waals surface area contributed by atoms with Gasteiger partial charge in [-0.3, -0.25) is 14.9 Å². The molecule has 1 heterocycles. The van der Waals surface area contributed by atoms with Gasteiger partial charge >= 0.3 is 11.7 Å². The third kappa shape index (κ3) is 4.99. The van der Waals surface area contributed by atoms with E-state index < -0.39 is 4.92 Å². The van der Waals surface area contributed by atoms with E-state index in [0.717, 1.165) is 0 Å². The fourth-order valence-electron chi connectivity index (χ4n) is 1.78. The molecule has 0 aliphatic heterocycles. The summed E-state index contributed by atoms with van der Waals surface area (Å²) in [4.78, 5) is 27.7. The molecule has 0 spiro atoms. The van der Waals surface area contributed by atoms with Gasteiger partial charge in [-0.25, -0.2) is 4.98 Å². The Balaban J connectivity index is 3.01. The lowest BCUT2D eigenvalue weighted by atomic mass is 10.2. The number of carbonyl (C=O) groups excluding carboxylic acids is 1. The van der Waals surface area contributed by atoms with Gasteiger partial charge in [-0.15, -0.1) is 0 Å². The van der Waals surface area contributed by atoms with Gasteiger partial charge in [0.05, 0.1) is 25.1 Å². The molecule has 0 bridgehead atoms. The summed E-state index contributed by atoms with van der Waals surface area (Å²) in [5, 5.41) is 11.2. The average molecular weight is 297 g/mol. The highest BCUT2D eigenvalue weighted by Crippen LogP contribution is 2.26. The SMILES string of the molecule is COCCN(CCC(=O)OC)c1ncc(C)cc1[N+](=O)[O-]. The molecule has 0 aliphatic rings. The zero-order chi connectivity index (χ0) is 15.8. The number of aryl methyl sites for hydroxylation is 1. The average Bonchev–Trinajstić information content (AvgIpc) is 2.47. The minimum atomic E-state index is -0.479. The van der Waals surface area contributed by atoms with Crippen LogP contribution in [0.25, 0.3) is 0 Å². The molecule has 0 atom stereocenters. The number of nitrogens with zero attached hydrogens (tertiary/aromatic N) is 3. The van der Waals surface area contributed by atoms with Crippen LogP contribution in [0.5, 0.6) is 0 Å². The minimum Gasteiger partial charge on any atom is -0.469 e. The van der Waals surface area contributed by atoms with Gasteiger partial charge in [0, 0.05) is 32.5 Å². The summed E-state index contributed by atoms with van der Waals surface area (Å²) in [5.74, 6) is -0.154. The Bertz CT molecular complexity index is 507. The van der Waals surface area contributed by atoms with Crippen LogP contribution in [0.3, 0.4) is 0 Å². The minimum absolute atomic E-state index is 0.0871. The van der Waals surface area contributed by atoms with Crippen LogP contribution in [-0.2, 0) is 14.3 Å². The van der Waals surface area contributed by atoms with Gasteiger partial charge in [-0.1, -0.05) is 0 Å². The summed E-state index contributed by atoms with van der Waals surface area (Å²) in [6.45, 7) is 2.77. The van der Waals surface area contributed by atoms with Crippen LogP contribution in [0, 0.1) is 17.0 Å². The van der Waals surface area contributed by atoms with Gasteiger partial charge < -0.3 is 14.4 Å². The molecule has 8 nitrogen and oxygen atoms in total. The first-order valence-corrected chi connectivity index (χ1v) is 6.41. The molecular weight excluding hydrogens is 278 g/mol. The molecule has 0 radical (unpaired) electrons. The van der Waals surface area contributed by atoms with Crippen LogP contribution in [-0.4, -0.2) is 49.8 Å². The largest absolute Gasteiger partial charge is 0.469 e. The second kappa shape index (κ2) is 8.15. The number of rotatable bonds is 8. The number of anilines is 1. The molecule has 0 N–H and O–H groups in total. The Kier molecular flexibility index (Phi) is 6.54. The number of hydrogen-bond acceptors (Lipinski definition) is 7. The molecule has 0 amide bonds. The van der Waals surface area contributed by atoms with E-state index in [1.807, 2.05) is 0 Å². The maximum absolute atomic E-state index is 11.3. The van der Waals surface area contributed by atoms with Gasteiger partial charge in [0.2, 0.25) is 5.82 Å². The van der Waals surface area contributed by atoms with Crippen molar-refractivity contribution in [2.24, 2.45) is 0 Å². The lowest BCUT2D eigenvalue weighted by molar-refractivity contribution is -0.384. The molecule has 0 saturated carbocycles. The van der Waals surface area contributed by atoms with Crippen molar-refractivity contribution in [1.82, 2.24) is 4.98 Å². The standard InChI is InChI=1S/C13H19N3O5/c1-10-8-11(16(18)19)13(14-9-10)15(6-7-20-2)5-4-12(17)21-3/h8-9H,4-7H2,1-3H3. The normalized spacial score (nSPS) is 10.2. The number of methoxy groups -OCH3 is 2. The Morgan fingerprint density at radius 3 is 2.71 bits per heavy atom. The van der Waals surface area contributed by atoms with E-state index in [1.54, 1.807) is 18.0 Å². The third-order valence-corrected chi connectivity index (χ3v) is 2.86. The van der Waals surface area contributed by atoms with Gasteiger partial charge in [0.25, 0.3) is 0 Å². The van der Waals surface area contributed by atoms with Crippen molar-refractivity contribution >= 4 is 17.5 Å². The van der Waals surface area contributed by atoms with E-state index in [9.17, 15) is 14.9 Å². The Labute approximate surface area is 122 Å². The van der Waals surface area contributed by atoms with Crippen LogP contribution >= 0.6 is 0 Å². The van der Waals surface area contributed by atoms with Gasteiger partial charge in [-0.2, -0.15) is 0 Å². The molecular formula is C13H19N3O5. The molecule has 0 aliphatic carbocycles. The molecule has 21 heavy (non-hydrogen) atoms. The van der Waals surface area contributed by atoms with Crippen LogP contribution in [0.15, 0.2) is 12.3 Å². The second-order valence-corrected chi connectivity index (χ2v) is 4.42. The van der Waals surface area contributed by atoms with Crippen molar-refractivity contribution in [3.63, 3.8) is 0 Å². The first-order chi connectivity index (χ1) is 9.99. The highest BCUT2D eigenvalue weighted by atomic mass is 16.6. The number of carbonyl (C=O) groups is 1. The Morgan fingerprint density at radius 1 is 1.43 bits per heavy atom. The van der Waals surface area contributed by atoms with Crippen LogP contribution in [0.2, 0.25) is 0 Å². The van der Waals surface area contributed by atoms with Crippen LogP contribution in [0.1, 0.15) is 12.0 Å². The number of pyridine rings is 1. The summed E-state index contributed by atoms with van der Waals surface area (Å²) in [6.07, 6.45) is 1.67. The summed E-state index contributed by atoms with van der Waals surface area (Å²) in [6, 6.07) is 1.46. The molecule has 0 saturated heterocycles. The fourth-order valence-corrected chi connectivity index (χ4v) is 1.78. The monoisotopic (exact) mass is 297 g/mol. The second-order valence-electron chi connectivity index (χ2n) is 4.42. The maximum atomic E-state index is 11.3. The van der Waals surface area contributed by atoms with Crippen molar-refractivity contribution < 1.29 is 19.2 Å². The number of nitro groups is 1. The number of ether oxygens (including phenoxy) is 2. The topological polar surface area (TPSA) is 94.8 Å². The van der Waals surface area contributed by atoms with Gasteiger partial charge in [0.1, 0.15) is 0 Å². The van der Waals surface area contributed by atoms with E-state index >= 15 is 0 Å². The number of hydrogen-bond donors (Lipinski definition) is 0. The van der Waals surface area contributed by atoms with E-state index in [4.69, 9.17) is 4.74 Å². The fraction of sp³-hybridized carbons (Fsp3) is 0.538. The summed E-state index contributed by atoms with van der Waals surface area (Å²) < 4.78 is 9.58. The highest BCUT2D eigenvalue weighted by molar-refractivity contribution is 5.70. The first kappa shape index (κ1) is 16.8. The first-order valence-electron chi connectivity index (χ1n) is 6.41. The quantitative estimate of drug-likeness (QED) is 0.405. The number of esters is 1. The molecule has 0 fully saturated rings. The maximum Gasteiger partial charge on any atom is 0.311 e. The van der Waals surface area contributed by atoms with E-state index in [0.29, 0.717) is 18.7 Å². The van der Waals surface area contributed by atoms with Gasteiger partial charge in [0.15, 0.2) is 0 Å². The predicted octanol–water partition coefficient (Wildman–Crippen LogP) is 1.31. The van der Waals surface area contributed by atoms with E-state index in [2.05, 4.69) is 9.72 Å². The molecule has 1 rings (SSSR count). The van der Waals surface area contributed by atoms with Crippen molar-refractivity contribution in [2.45, 2.75) is 13.3 Å². The van der Waals surface area contributed by atoms with E-state index in [1.165, 1.54) is 20.3 Å². The van der Waals surface area contributed by atoms with Crippen molar-refractivity contribution in [3.05, 3.63) is 27.9 Å². The van der Waals surface area contributed by atoms with Crippen LogP contribution < -0.4 is 4.90 Å². The lowest BCUT2D eigenvalue weighted by Gasteiger charge is -2.22. The van der Waals surface area contributed by atoms with Crippen molar-refractivity contribution in [1.29, 1.82) is 0 Å². The molecule has 8 heteroatoms. The molecule has 116 valence electrons. The number of aromatic nitrogens is 1. The highest BCUT2D eigenvalue weighted by Gasteiger charge is 2.22. The van der Waals surface area contributed by atoms with Crippen LogP contribution in [0.4, 0.5) is 11.5 Å². The zero-order valence-corrected chi connectivity index (χ0v) is 12.4. The predicted molar refractivity (Wildman–Crippen MR) is 76.4 cm³/mol. The van der Waals surface area contributed by atoms with Gasteiger partial charge in [-0.05, 0) is 12.5 Å². The smallest absolute Gasteiger partial charge is 0.311 e. The van der Waals surface area contributed by atoms with Crippen molar-refractivity contribution in [3.8, 4) is 0 Å². The molecule has 1 aromatic rings. The summed E-state index contributed by atoms with van der Waals surface area (Å²) in [7, 11) is 2.84. The Morgan fingerprint density at radius 2 is 2.14 bits per heavy atom. The molecule has 1 aromatic heterocycles. The van der Waals surface area contributed by atoms with E-state index in [-0.39, 0.29) is 30.4 Å². The molecule has 0 unspecified atom stereocenters. The molecule has 0 aromatic carbocycles. The zero-order valence-electron chi connectivity index (χ0n) is 12.4.